The third kappa shape index (κ3) is 1.16. The molecule has 8 heavy (non-hydrogen) atoms. The van der Waals surface area contributed by atoms with E-state index >= 15 is 0 Å². The van der Waals surface area contributed by atoms with Crippen molar-refractivity contribution in [1.82, 2.24) is 0 Å². The molecule has 0 aromatic carbocycles. The van der Waals surface area contributed by atoms with Gasteiger partial charge in [-0.3, -0.25) is 0 Å². The standard InChI is InChI=1S/C5H6INO/c7-6-4-2-1-3-5(6)8/h1-4H,7H2. The van der Waals surface area contributed by atoms with E-state index in [2.05, 4.69) is 0 Å². The fourth-order valence-corrected chi connectivity index (χ4v) is 2.05. The van der Waals surface area contributed by atoms with E-state index in [0.717, 1.165) is 0 Å². The Hall–Kier alpha value is -0.160. The van der Waals surface area contributed by atoms with Gasteiger partial charge in [-0.2, -0.15) is 0 Å². The molecule has 2 nitrogen and oxygen atoms in total. The molecule has 0 aromatic heterocycles. The number of carbonyl (C=O) groups is 1. The fraction of sp³-hybridized carbons (Fsp3) is 0. The van der Waals surface area contributed by atoms with E-state index in [0.29, 0.717) is 0 Å². The molecule has 0 fully saturated rings. The maximum atomic E-state index is 10.6. The molecule has 1 heterocycles. The number of rotatable bonds is 0. The average Bonchev–Trinajstić information content (AvgIpc) is 1.77. The number of carbonyl (C=O) groups excluding carboxylic acids is 1. The molecule has 0 aliphatic carbocycles. The van der Waals surface area contributed by atoms with Crippen molar-refractivity contribution in [3.8, 4) is 0 Å². The van der Waals surface area contributed by atoms with Crippen molar-refractivity contribution in [1.29, 1.82) is 0 Å². The molecule has 0 bridgehead atoms. The van der Waals surface area contributed by atoms with Crippen LogP contribution in [0.2, 0.25) is 0 Å². The van der Waals surface area contributed by atoms with Crippen LogP contribution in [0.15, 0.2) is 22.3 Å². The summed E-state index contributed by atoms with van der Waals surface area (Å²) in [5.74, 6) is 0. The Morgan fingerprint density at radius 2 is 2.25 bits per heavy atom. The van der Waals surface area contributed by atoms with Crippen LogP contribution >= 0.6 is 20.1 Å². The Kier molecular flexibility index (Phi) is 1.80. The molecule has 1 rings (SSSR count). The normalized spacial score (nSPS) is 22.1. The molecule has 0 unspecified atom stereocenters. The van der Waals surface area contributed by atoms with Crippen molar-refractivity contribution in [3.05, 3.63) is 22.3 Å². The molecule has 0 saturated heterocycles. The number of halogens is 1. The summed E-state index contributed by atoms with van der Waals surface area (Å²) in [6.07, 6.45) is 5.11. The minimum absolute atomic E-state index is 0.136. The molecule has 44 valence electrons. The zero-order valence-corrected chi connectivity index (χ0v) is 6.33. The van der Waals surface area contributed by atoms with Crippen LogP contribution in [0.3, 0.4) is 0 Å². The summed E-state index contributed by atoms with van der Waals surface area (Å²) in [6.45, 7) is 0. The van der Waals surface area contributed by atoms with Gasteiger partial charge in [-0.05, 0) is 0 Å². The van der Waals surface area contributed by atoms with Crippen LogP contribution in [0.1, 0.15) is 0 Å². The van der Waals surface area contributed by atoms with Crippen LogP contribution in [0.4, 0.5) is 0 Å². The van der Waals surface area contributed by atoms with E-state index < -0.39 is 20.1 Å². The predicted octanol–water partition coefficient (Wildman–Crippen LogP) is 0.977. The number of allylic oxidation sites excluding steroid dienone is 3. The molecule has 0 radical (unpaired) electrons. The predicted molar refractivity (Wildman–Crippen MR) is 41.5 cm³/mol. The van der Waals surface area contributed by atoms with E-state index in [-0.39, 0.29) is 3.79 Å². The van der Waals surface area contributed by atoms with Gasteiger partial charge in [0, 0.05) is 0 Å². The molecule has 0 amide bonds. The molecule has 3 heteroatoms. The second-order valence-corrected chi connectivity index (χ2v) is 5.07. The summed E-state index contributed by atoms with van der Waals surface area (Å²) in [7, 11) is 0. The zero-order chi connectivity index (χ0) is 5.98. The van der Waals surface area contributed by atoms with Crippen LogP contribution in [0.5, 0.6) is 0 Å². The third-order valence-electron chi connectivity index (χ3n) is 0.762. The third-order valence-corrected chi connectivity index (χ3v) is 3.54. The van der Waals surface area contributed by atoms with E-state index in [1.165, 1.54) is 0 Å². The van der Waals surface area contributed by atoms with Gasteiger partial charge >= 0.3 is 54.9 Å². The van der Waals surface area contributed by atoms with Gasteiger partial charge in [-0.15, -0.1) is 0 Å². The summed E-state index contributed by atoms with van der Waals surface area (Å²) in [5, 5.41) is 0. The first kappa shape index (κ1) is 5.97. The summed E-state index contributed by atoms with van der Waals surface area (Å²) in [4.78, 5) is 10.6. The Bertz CT molecular complexity index is 162. The van der Waals surface area contributed by atoms with Gasteiger partial charge in [0.05, 0.1) is 0 Å². The summed E-state index contributed by atoms with van der Waals surface area (Å²) < 4.78 is 7.41. The van der Waals surface area contributed by atoms with Gasteiger partial charge in [0.1, 0.15) is 0 Å². The van der Waals surface area contributed by atoms with Crippen LogP contribution < -0.4 is 3.95 Å². The Labute approximate surface area is 55.2 Å². The van der Waals surface area contributed by atoms with Gasteiger partial charge in [0.15, 0.2) is 0 Å². The molecule has 0 aromatic rings. The molecule has 1 aliphatic heterocycles. The van der Waals surface area contributed by atoms with E-state index in [1.807, 2.05) is 10.2 Å². The minimum atomic E-state index is -1.75. The molecular weight excluding hydrogens is 217 g/mol. The summed E-state index contributed by atoms with van der Waals surface area (Å²) in [6, 6.07) is 0. The van der Waals surface area contributed by atoms with Gasteiger partial charge in [0.25, 0.3) is 0 Å². The molecule has 0 atom stereocenters. The molecule has 1 aliphatic rings. The van der Waals surface area contributed by atoms with E-state index in [1.54, 1.807) is 12.2 Å². The van der Waals surface area contributed by atoms with Crippen LogP contribution in [0.25, 0.3) is 0 Å². The maximum absolute atomic E-state index is 10.6. The van der Waals surface area contributed by atoms with Crippen LogP contribution in [0, 0.1) is 0 Å². The first-order valence-corrected chi connectivity index (χ1v) is 5.69. The van der Waals surface area contributed by atoms with Crippen molar-refractivity contribution in [2.45, 2.75) is 0 Å². The van der Waals surface area contributed by atoms with Crippen LogP contribution in [-0.4, -0.2) is 3.79 Å². The SMILES string of the molecule is NI1C=CC=CC1=O. The van der Waals surface area contributed by atoms with Gasteiger partial charge in [0.2, 0.25) is 0 Å². The monoisotopic (exact) mass is 223 g/mol. The first-order chi connectivity index (χ1) is 3.80. The second kappa shape index (κ2) is 2.41. The van der Waals surface area contributed by atoms with Crippen LogP contribution in [-0.2, 0) is 4.79 Å². The van der Waals surface area contributed by atoms with E-state index in [4.69, 9.17) is 3.95 Å². The van der Waals surface area contributed by atoms with Crippen molar-refractivity contribution in [3.63, 3.8) is 0 Å². The Morgan fingerprint density at radius 3 is 2.62 bits per heavy atom. The average molecular weight is 223 g/mol. The first-order valence-electron chi connectivity index (χ1n) is 2.12. The fourth-order valence-electron chi connectivity index (χ4n) is 0.386. The zero-order valence-electron chi connectivity index (χ0n) is 4.17. The van der Waals surface area contributed by atoms with Crippen molar-refractivity contribution >= 4 is 23.9 Å². The summed E-state index contributed by atoms with van der Waals surface area (Å²) >= 11 is -1.75. The number of hydrogen-bond donors (Lipinski definition) is 1. The quantitative estimate of drug-likeness (QED) is 0.378. The van der Waals surface area contributed by atoms with Crippen molar-refractivity contribution < 1.29 is 4.79 Å². The number of hydrogen-bond acceptors (Lipinski definition) is 2. The summed E-state index contributed by atoms with van der Waals surface area (Å²) in [5.41, 5.74) is 0. The molecule has 0 saturated carbocycles. The second-order valence-electron chi connectivity index (χ2n) is 1.33. The topological polar surface area (TPSA) is 43.1 Å². The molecule has 0 spiro atoms. The Morgan fingerprint density at radius 1 is 1.50 bits per heavy atom. The van der Waals surface area contributed by atoms with E-state index in [9.17, 15) is 4.79 Å². The Balaban J connectivity index is 2.74. The van der Waals surface area contributed by atoms with Gasteiger partial charge in [-0.25, -0.2) is 0 Å². The molecule has 2 N–H and O–H groups in total. The van der Waals surface area contributed by atoms with Crippen molar-refractivity contribution in [2.75, 3.05) is 0 Å². The van der Waals surface area contributed by atoms with Crippen molar-refractivity contribution in [2.24, 2.45) is 3.95 Å². The van der Waals surface area contributed by atoms with Gasteiger partial charge < -0.3 is 0 Å². The van der Waals surface area contributed by atoms with Gasteiger partial charge in [-0.1, -0.05) is 0 Å². The molecular formula is C5H6INO. The number of nitrogens with two attached hydrogens (primary N) is 1.